The summed E-state index contributed by atoms with van der Waals surface area (Å²) in [5, 5.41) is 20.9. The molecule has 1 N–H and O–H groups in total. The molecular formula is C26H23NO5. The molecule has 0 saturated heterocycles. The number of aryl methyl sites for hydroxylation is 1. The zero-order valence-corrected chi connectivity index (χ0v) is 18.3. The quantitative estimate of drug-likeness (QED) is 0.308. The maximum atomic E-state index is 11.5. The molecule has 32 heavy (non-hydrogen) atoms. The number of rotatable bonds is 4. The van der Waals surface area contributed by atoms with Crippen molar-refractivity contribution in [3.8, 4) is 23.3 Å². The fourth-order valence-corrected chi connectivity index (χ4v) is 3.20. The third-order valence-electron chi connectivity index (χ3n) is 4.82. The molecule has 0 aromatic heterocycles. The molecule has 6 heteroatoms. The molecule has 0 spiro atoms. The van der Waals surface area contributed by atoms with E-state index in [-0.39, 0.29) is 22.4 Å². The first-order valence-electron chi connectivity index (χ1n) is 9.98. The average Bonchev–Trinajstić information content (AvgIpc) is 2.72. The highest BCUT2D eigenvalue weighted by atomic mass is 16.6. The fourth-order valence-electron chi connectivity index (χ4n) is 3.20. The molecule has 0 saturated carbocycles. The van der Waals surface area contributed by atoms with Gasteiger partial charge in [0.2, 0.25) is 5.75 Å². The summed E-state index contributed by atoms with van der Waals surface area (Å²) in [5.74, 6) is 5.44. The first kappa shape index (κ1) is 22.6. The van der Waals surface area contributed by atoms with Crippen LogP contribution < -0.4 is 4.74 Å². The first-order valence-corrected chi connectivity index (χ1v) is 9.98. The Hall–Kier alpha value is -4.11. The second-order valence-corrected chi connectivity index (χ2v) is 8.39. The minimum Gasteiger partial charge on any atom is -0.478 e. The Balaban J connectivity index is 2.07. The summed E-state index contributed by atoms with van der Waals surface area (Å²) < 4.78 is 6.03. The number of nitrogens with zero attached hydrogens (tertiary/aromatic N) is 1. The van der Waals surface area contributed by atoms with Crippen molar-refractivity contribution in [3.63, 3.8) is 0 Å². The topological polar surface area (TPSA) is 89.7 Å². The molecule has 3 rings (SSSR count). The van der Waals surface area contributed by atoms with E-state index < -0.39 is 10.9 Å². The zero-order valence-electron chi connectivity index (χ0n) is 18.3. The summed E-state index contributed by atoms with van der Waals surface area (Å²) in [6.45, 7) is 7.84. The van der Waals surface area contributed by atoms with Crippen LogP contribution in [-0.4, -0.2) is 16.0 Å². The Kier molecular flexibility index (Phi) is 6.31. The number of ether oxygens (including phenoxy) is 1. The van der Waals surface area contributed by atoms with E-state index in [9.17, 15) is 20.0 Å². The molecule has 3 aromatic rings. The van der Waals surface area contributed by atoms with Crippen molar-refractivity contribution < 1.29 is 19.6 Å². The molecule has 0 atom stereocenters. The molecule has 0 fully saturated rings. The highest BCUT2D eigenvalue weighted by Crippen LogP contribution is 2.38. The van der Waals surface area contributed by atoms with E-state index in [1.54, 1.807) is 43.3 Å². The van der Waals surface area contributed by atoms with E-state index in [1.165, 1.54) is 12.1 Å². The van der Waals surface area contributed by atoms with Crippen LogP contribution in [0.2, 0.25) is 0 Å². The summed E-state index contributed by atoms with van der Waals surface area (Å²) in [6.07, 6.45) is 0. The lowest BCUT2D eigenvalue weighted by Crippen LogP contribution is -2.13. The van der Waals surface area contributed by atoms with E-state index in [0.717, 1.165) is 11.1 Å². The number of nitro groups is 1. The van der Waals surface area contributed by atoms with Gasteiger partial charge in [0.15, 0.2) is 0 Å². The summed E-state index contributed by atoms with van der Waals surface area (Å²) >= 11 is 0. The van der Waals surface area contributed by atoms with Crippen LogP contribution in [0.1, 0.15) is 53.4 Å². The monoisotopic (exact) mass is 429 g/mol. The number of aromatic carboxylic acids is 1. The molecule has 0 aliphatic rings. The smallest absolute Gasteiger partial charge is 0.336 e. The van der Waals surface area contributed by atoms with Crippen molar-refractivity contribution >= 4 is 11.7 Å². The van der Waals surface area contributed by atoms with Crippen LogP contribution in [0.5, 0.6) is 11.5 Å². The van der Waals surface area contributed by atoms with E-state index in [0.29, 0.717) is 16.9 Å². The summed E-state index contributed by atoms with van der Waals surface area (Å²) in [4.78, 5) is 22.5. The minimum absolute atomic E-state index is 0.114. The van der Waals surface area contributed by atoms with Crippen LogP contribution >= 0.6 is 0 Å². The first-order chi connectivity index (χ1) is 15.1. The van der Waals surface area contributed by atoms with Crippen LogP contribution in [0.15, 0.2) is 60.7 Å². The van der Waals surface area contributed by atoms with Crippen LogP contribution in [0, 0.1) is 28.9 Å². The van der Waals surface area contributed by atoms with Crippen molar-refractivity contribution in [2.75, 3.05) is 0 Å². The van der Waals surface area contributed by atoms with Gasteiger partial charge in [-0.2, -0.15) is 0 Å². The molecule has 0 heterocycles. The maximum Gasteiger partial charge on any atom is 0.336 e. The number of hydrogen-bond acceptors (Lipinski definition) is 4. The number of carboxylic acids is 1. The number of hydrogen-bond donors (Lipinski definition) is 1. The number of carboxylic acid groups (broad SMARTS) is 1. The molecule has 3 aromatic carbocycles. The van der Waals surface area contributed by atoms with Crippen LogP contribution in [0.3, 0.4) is 0 Å². The molecule has 0 radical (unpaired) electrons. The largest absolute Gasteiger partial charge is 0.478 e. The highest BCUT2D eigenvalue weighted by molar-refractivity contribution is 5.90. The molecule has 162 valence electrons. The Morgan fingerprint density at radius 2 is 1.72 bits per heavy atom. The van der Waals surface area contributed by atoms with Gasteiger partial charge in [-0.25, -0.2) is 4.79 Å². The van der Waals surface area contributed by atoms with Gasteiger partial charge in [-0.1, -0.05) is 56.9 Å². The highest BCUT2D eigenvalue weighted by Gasteiger charge is 2.22. The molecule has 6 nitrogen and oxygen atoms in total. The Morgan fingerprint density at radius 3 is 2.38 bits per heavy atom. The van der Waals surface area contributed by atoms with Gasteiger partial charge in [-0.05, 0) is 48.2 Å². The van der Waals surface area contributed by atoms with Crippen molar-refractivity contribution in [2.45, 2.75) is 33.1 Å². The fraction of sp³-hybridized carbons (Fsp3) is 0.192. The lowest BCUT2D eigenvalue weighted by molar-refractivity contribution is -0.385. The van der Waals surface area contributed by atoms with Gasteiger partial charge in [-0.15, -0.1) is 0 Å². The zero-order chi connectivity index (χ0) is 23.5. The Bertz CT molecular complexity index is 1260. The number of benzene rings is 3. The molecule has 0 unspecified atom stereocenters. The van der Waals surface area contributed by atoms with E-state index in [2.05, 4.69) is 11.8 Å². The van der Waals surface area contributed by atoms with Crippen LogP contribution in [-0.2, 0) is 5.41 Å². The van der Waals surface area contributed by atoms with Crippen LogP contribution in [0.25, 0.3) is 0 Å². The van der Waals surface area contributed by atoms with Crippen LogP contribution in [0.4, 0.5) is 5.69 Å². The van der Waals surface area contributed by atoms with Gasteiger partial charge in [0.1, 0.15) is 5.75 Å². The molecule has 0 aliphatic heterocycles. The third kappa shape index (κ3) is 5.13. The molecule has 0 amide bonds. The lowest BCUT2D eigenvalue weighted by Gasteiger charge is -2.23. The second kappa shape index (κ2) is 8.94. The SMILES string of the molecule is Cc1ccc(Oc2cc(C#Cc3ccccc3C(=O)O)ccc2C(C)(C)C)c([N+](=O)[O-])c1. The maximum absolute atomic E-state index is 11.5. The van der Waals surface area contributed by atoms with Gasteiger partial charge in [0.05, 0.1) is 10.5 Å². The predicted octanol–water partition coefficient (Wildman–Crippen LogP) is 6.09. The third-order valence-corrected chi connectivity index (χ3v) is 4.82. The van der Waals surface area contributed by atoms with E-state index in [4.69, 9.17) is 4.74 Å². The van der Waals surface area contributed by atoms with Gasteiger partial charge < -0.3 is 9.84 Å². The summed E-state index contributed by atoms with van der Waals surface area (Å²) in [7, 11) is 0. The average molecular weight is 429 g/mol. The summed E-state index contributed by atoms with van der Waals surface area (Å²) in [5.41, 5.74) is 2.35. The van der Waals surface area contributed by atoms with Crippen molar-refractivity contribution in [2.24, 2.45) is 0 Å². The van der Waals surface area contributed by atoms with Crippen molar-refractivity contribution in [1.82, 2.24) is 0 Å². The molecule has 0 bridgehead atoms. The van der Waals surface area contributed by atoms with Crippen molar-refractivity contribution in [3.05, 3.63) is 98.6 Å². The van der Waals surface area contributed by atoms with E-state index in [1.807, 2.05) is 32.9 Å². The predicted molar refractivity (Wildman–Crippen MR) is 122 cm³/mol. The molecule has 0 aliphatic carbocycles. The van der Waals surface area contributed by atoms with Gasteiger partial charge >= 0.3 is 11.7 Å². The Labute approximate surface area is 186 Å². The van der Waals surface area contributed by atoms with Crippen molar-refractivity contribution in [1.29, 1.82) is 0 Å². The Morgan fingerprint density at radius 1 is 1.00 bits per heavy atom. The van der Waals surface area contributed by atoms with Gasteiger partial charge in [0.25, 0.3) is 0 Å². The second-order valence-electron chi connectivity index (χ2n) is 8.39. The summed E-state index contributed by atoms with van der Waals surface area (Å²) in [6, 6.07) is 16.8. The van der Waals surface area contributed by atoms with Gasteiger partial charge in [0, 0.05) is 22.8 Å². The normalized spacial score (nSPS) is 10.8. The van der Waals surface area contributed by atoms with Gasteiger partial charge in [-0.3, -0.25) is 10.1 Å². The number of carbonyl (C=O) groups is 1. The minimum atomic E-state index is -1.05. The number of nitro benzene ring substituents is 1. The standard InChI is InChI=1S/C26H23NO5/c1-17-9-14-23(22(15-17)27(30)31)32-24-16-18(11-13-21(24)26(2,3)4)10-12-19-7-5-6-8-20(19)25(28)29/h5-9,11,13-16H,1-4H3,(H,28,29). The molecular weight excluding hydrogens is 406 g/mol. The lowest BCUT2D eigenvalue weighted by atomic mass is 9.86. The van der Waals surface area contributed by atoms with E-state index >= 15 is 0 Å².